The van der Waals surface area contributed by atoms with Crippen LogP contribution in [0.4, 0.5) is 56.9 Å². The first-order valence-corrected chi connectivity index (χ1v) is 60.7. The zero-order valence-corrected chi connectivity index (χ0v) is 94.3. The zero-order chi connectivity index (χ0) is 98.7. The van der Waals surface area contributed by atoms with Gasteiger partial charge in [0.25, 0.3) is 28.4 Å². The van der Waals surface area contributed by atoms with Gasteiger partial charge in [0.2, 0.25) is 20.0 Å². The van der Waals surface area contributed by atoms with Gasteiger partial charge in [-0.3, -0.25) is 55.5 Å². The molecule has 3 saturated heterocycles. The first-order valence-electron chi connectivity index (χ1n) is 41.8. The number of hydrogen-bond donors (Lipinski definition) is 0. The Morgan fingerprint density at radius 2 is 0.636 bits per heavy atom. The van der Waals surface area contributed by atoms with Crippen LogP contribution in [0.3, 0.4) is 0 Å². The Kier molecular flexibility index (Phi) is 56.5. The number of anilines is 5. The molecule has 5 aromatic rings. The highest BCUT2D eigenvalue weighted by atomic mass is 79.9. The molecule has 8 rings (SSSR count). The molecule has 0 atom stereocenters. The summed E-state index contributed by atoms with van der Waals surface area (Å²) < 4.78 is 144. The molecule has 0 aromatic heterocycles. The molecule has 746 valence electrons. The van der Waals surface area contributed by atoms with E-state index in [9.17, 15) is 92.7 Å². The van der Waals surface area contributed by atoms with Gasteiger partial charge in [0.1, 0.15) is 9.79 Å². The average molecular weight is 2600 g/mol. The lowest BCUT2D eigenvalue weighted by molar-refractivity contribution is -0.385. The van der Waals surface area contributed by atoms with E-state index in [0.29, 0.717) is 219 Å². The van der Waals surface area contributed by atoms with Crippen LogP contribution in [0.5, 0.6) is 0 Å². The van der Waals surface area contributed by atoms with Gasteiger partial charge in [0, 0.05) is 226 Å². The Balaban J connectivity index is 0.000000345. The zero-order valence-electron chi connectivity index (χ0n) is 74.4. The third-order valence-electron chi connectivity index (χ3n) is 20.7. The molecule has 53 heteroatoms. The fourth-order valence-electron chi connectivity index (χ4n) is 13.9. The summed E-state index contributed by atoms with van der Waals surface area (Å²) in [5.41, 5.74) is 1.39. The number of alkyl halides is 10. The van der Waals surface area contributed by atoms with Gasteiger partial charge >= 0.3 is 0 Å². The summed E-state index contributed by atoms with van der Waals surface area (Å²) in [5.74, 6) is -0.0925. The molecule has 3 fully saturated rings. The summed E-state index contributed by atoms with van der Waals surface area (Å²) in [6, 6.07) is 20.3. The van der Waals surface area contributed by atoms with Crippen molar-refractivity contribution < 1.29 is 76.2 Å². The third-order valence-corrected chi connectivity index (χ3v) is 34.0. The van der Waals surface area contributed by atoms with E-state index in [1.165, 1.54) is 88.5 Å². The minimum absolute atomic E-state index is 0.0300. The lowest BCUT2D eigenvalue weighted by Crippen LogP contribution is -2.41. The number of nitro benzene ring substituents is 5. The maximum Gasteiger partial charge on any atom is 0.270 e. The van der Waals surface area contributed by atoms with E-state index in [1.54, 1.807) is 6.07 Å². The van der Waals surface area contributed by atoms with Crippen molar-refractivity contribution in [2.45, 2.75) is 68.3 Å². The number of morpholine rings is 2. The van der Waals surface area contributed by atoms with Gasteiger partial charge in [-0.05, 0) is 130 Å². The second-order valence-corrected chi connectivity index (χ2v) is 48.6. The average Bonchev–Trinajstić information content (AvgIpc) is 0.767. The van der Waals surface area contributed by atoms with Crippen molar-refractivity contribution in [3.8, 4) is 0 Å². The largest absolute Gasteiger partial charge is 0.379 e. The molecule has 0 saturated carbocycles. The predicted molar refractivity (Wildman–Crippen MR) is 559 cm³/mol. The van der Waals surface area contributed by atoms with Crippen LogP contribution < -0.4 is 24.5 Å². The van der Waals surface area contributed by atoms with Crippen molar-refractivity contribution in [3.05, 3.63) is 142 Å². The molecule has 38 nitrogen and oxygen atoms in total. The predicted octanol–water partition coefficient (Wildman–Crippen LogP) is 14.0. The summed E-state index contributed by atoms with van der Waals surface area (Å²) in [4.78, 5) is 70.9. The molecule has 3 aliphatic heterocycles. The highest BCUT2D eigenvalue weighted by Gasteiger charge is 2.37. The smallest absolute Gasteiger partial charge is 0.270 e. The van der Waals surface area contributed by atoms with Crippen LogP contribution in [0.15, 0.2) is 115 Å². The van der Waals surface area contributed by atoms with Crippen LogP contribution in [-0.4, -0.2) is 365 Å². The van der Waals surface area contributed by atoms with E-state index in [4.69, 9.17) is 9.47 Å². The standard InChI is InChI=1S/C18H27Br2N3O4S.C17H25Br2N3O5S.C15H24Br2N4O4S.C15H23Br2N3O4S.C14H19Br2N3O5S/c1-21-10-2-4-16(5-3-11-21)28(26,27)18-14-15(23(24)25)6-7-17(18)22(12-8-19)13-9-20;18-4-7-21(8-5-19)16-3-2-15(22(23)24)14-17(16)28(25,26)13-1-6-20-9-11-27-12-10-20;1-18(2)10-11-19(3)26(24,25)15-12-13(21(22)23)4-5-14(15)20(8-6-16)9-7-17;1-18(2)8-3-11-25(23,24)15-12-13(20(21)22)4-5-14(15)19(9-6-16)10-7-17;15-3-5-17(6-4-16)13-2-1-12(19(20)21)11-14(13)25(22,23)18-7-9-24-10-8-18/h6-7,14,16H,2-5,8-13H2,1H3;2-3,14H,1,4-13H2;4-5,12H,6-11H2,1-3H3;4-5,12H,3,6-11H2,1-2H3;1-2,11H,3-10H2. The Morgan fingerprint density at radius 3 is 0.955 bits per heavy atom. The lowest BCUT2D eigenvalue weighted by Gasteiger charge is -2.30. The number of nitro groups is 5. The number of halogens is 10. The quantitative estimate of drug-likeness (QED) is 0.0198. The van der Waals surface area contributed by atoms with Crippen molar-refractivity contribution >= 4 is 266 Å². The normalized spacial score (nSPS) is 14.5. The van der Waals surface area contributed by atoms with Gasteiger partial charge in [0.05, 0.1) is 111 Å². The monoisotopic (exact) mass is 2590 g/mol. The SMILES string of the molecule is CN(C)CCCS(=O)(=O)c1cc([N+](=O)[O-])ccc1N(CCBr)CCBr.CN(C)CCN(C)S(=O)(=O)c1cc([N+](=O)[O-])ccc1N(CCBr)CCBr.CN1CCCC(S(=O)(=O)c2cc([N+](=O)[O-])ccc2N(CCBr)CCBr)CCC1.O=[N+]([O-])c1ccc(N(CCBr)CCBr)c(S(=O)(=O)CCCN2CCOCC2)c1.O=[N+]([O-])c1ccc(N(CCBr)CCBr)c(S(=O)(=O)N2CCOCC2)c1. The van der Waals surface area contributed by atoms with Crippen molar-refractivity contribution in [1.29, 1.82) is 0 Å². The van der Waals surface area contributed by atoms with Crippen LogP contribution in [0.2, 0.25) is 0 Å². The van der Waals surface area contributed by atoms with Crippen LogP contribution in [0.25, 0.3) is 0 Å². The summed E-state index contributed by atoms with van der Waals surface area (Å²) >= 11 is 33.8. The van der Waals surface area contributed by atoms with E-state index in [-0.39, 0.29) is 84.1 Å². The maximum absolute atomic E-state index is 13.6. The molecular weight excluding hydrogens is 2480 g/mol. The topological polar surface area (TPSA) is 440 Å². The number of likely N-dealkylation sites (tertiary alicyclic amines) is 1. The van der Waals surface area contributed by atoms with E-state index in [2.05, 4.69) is 169 Å². The number of likely N-dealkylation sites (N-methyl/N-ethyl adjacent to an activating group) is 2. The van der Waals surface area contributed by atoms with E-state index >= 15 is 0 Å². The summed E-state index contributed by atoms with van der Waals surface area (Å²) in [7, 11) is -7.71. The first kappa shape index (κ1) is 121. The van der Waals surface area contributed by atoms with Crippen molar-refractivity contribution in [3.63, 3.8) is 0 Å². The van der Waals surface area contributed by atoms with Crippen LogP contribution in [-0.2, 0) is 59.0 Å². The molecule has 0 spiro atoms. The molecule has 0 aliphatic carbocycles. The van der Waals surface area contributed by atoms with Crippen molar-refractivity contribution in [1.82, 2.24) is 28.2 Å². The Labute approximate surface area is 859 Å². The van der Waals surface area contributed by atoms with Gasteiger partial charge in [-0.15, -0.1) is 0 Å². The van der Waals surface area contributed by atoms with E-state index in [0.717, 1.165) is 51.2 Å². The van der Waals surface area contributed by atoms with Crippen LogP contribution in [0.1, 0.15) is 38.5 Å². The maximum atomic E-state index is 13.6. The van der Waals surface area contributed by atoms with Gasteiger partial charge < -0.3 is 48.7 Å². The fraction of sp³-hybridized carbons (Fsp3) is 0.620. The molecular formula is C79H118Br10N16O22S5. The van der Waals surface area contributed by atoms with Gasteiger partial charge in [-0.25, -0.2) is 42.1 Å². The summed E-state index contributed by atoms with van der Waals surface area (Å²) in [6.07, 6.45) is 3.70. The number of sulfone groups is 3. The van der Waals surface area contributed by atoms with E-state index < -0.39 is 79.4 Å². The highest BCUT2D eigenvalue weighted by Crippen LogP contribution is 2.39. The molecule has 132 heavy (non-hydrogen) atoms. The van der Waals surface area contributed by atoms with Gasteiger partial charge in [-0.2, -0.15) is 8.61 Å². The number of ether oxygens (including phenoxy) is 2. The number of sulfonamides is 2. The Hall–Kier alpha value is -3.67. The summed E-state index contributed by atoms with van der Waals surface area (Å²) in [6.45, 7) is 13.8. The molecule has 5 aromatic carbocycles. The lowest BCUT2D eigenvalue weighted by atomic mass is 10.1. The minimum atomic E-state index is -3.87. The highest BCUT2D eigenvalue weighted by molar-refractivity contribution is 9.10. The molecule has 0 N–H and O–H groups in total. The van der Waals surface area contributed by atoms with Crippen LogP contribution in [0, 0.1) is 50.6 Å². The second-order valence-electron chi connectivity index (χ2n) is 30.4. The number of benzene rings is 5. The van der Waals surface area contributed by atoms with Gasteiger partial charge in [-0.1, -0.05) is 159 Å². The third kappa shape index (κ3) is 38.7. The number of nitrogens with zero attached hydrogens (tertiary/aromatic N) is 16. The minimum Gasteiger partial charge on any atom is -0.379 e. The van der Waals surface area contributed by atoms with Crippen molar-refractivity contribution in [2.75, 3.05) is 289 Å². The number of rotatable bonds is 49. The Bertz CT molecular complexity index is 5040. The fourth-order valence-corrected chi connectivity index (χ4v) is 26.4. The Morgan fingerprint density at radius 1 is 0.356 bits per heavy atom. The van der Waals surface area contributed by atoms with Crippen LogP contribution >= 0.6 is 159 Å². The molecule has 0 amide bonds. The molecule has 0 radical (unpaired) electrons. The number of hydrogen-bond acceptors (Lipinski definition) is 31. The first-order chi connectivity index (χ1) is 62.5. The second kappa shape index (κ2) is 61.8. The summed E-state index contributed by atoms with van der Waals surface area (Å²) in [5, 5.41) is 62.0. The molecule has 0 bridgehead atoms. The molecule has 3 aliphatic rings. The van der Waals surface area contributed by atoms with Gasteiger partial charge in [0.15, 0.2) is 29.5 Å². The molecule has 3 heterocycles. The number of non-ortho nitro benzene ring substituents is 5. The van der Waals surface area contributed by atoms with E-state index in [1.807, 2.05) is 69.5 Å². The molecule has 0 unspecified atom stereocenters. The van der Waals surface area contributed by atoms with Crippen molar-refractivity contribution in [2.24, 2.45) is 0 Å².